The molecule has 1 N–H and O–H groups in total. The van der Waals surface area contributed by atoms with Crippen molar-refractivity contribution in [3.8, 4) is 0 Å². The van der Waals surface area contributed by atoms with Gasteiger partial charge in [-0.25, -0.2) is 4.98 Å². The van der Waals surface area contributed by atoms with E-state index in [1.165, 1.54) is 67.5 Å². The molecule has 2 fully saturated rings. The Labute approximate surface area is 248 Å². The Bertz CT molecular complexity index is 1290. The zero-order chi connectivity index (χ0) is 29.2. The van der Waals surface area contributed by atoms with Gasteiger partial charge in [-0.2, -0.15) is 13.2 Å². The molecule has 0 radical (unpaired) electrons. The number of anilines is 2. The van der Waals surface area contributed by atoms with Crippen molar-refractivity contribution in [1.82, 2.24) is 4.98 Å². The number of para-hydroxylation sites is 1. The van der Waals surface area contributed by atoms with Crippen LogP contribution < -0.4 is 5.32 Å². The minimum atomic E-state index is -4.40. The van der Waals surface area contributed by atoms with Crippen LogP contribution in [0.2, 0.25) is 0 Å². The van der Waals surface area contributed by atoms with Gasteiger partial charge in [0.15, 0.2) is 5.13 Å². The highest BCUT2D eigenvalue weighted by molar-refractivity contribution is 7.16. The first-order valence-electron chi connectivity index (χ1n) is 16.1. The van der Waals surface area contributed by atoms with E-state index in [1.807, 2.05) is 0 Å². The molecule has 4 aliphatic rings. The van der Waals surface area contributed by atoms with Gasteiger partial charge in [0.2, 0.25) is 0 Å². The van der Waals surface area contributed by atoms with Gasteiger partial charge in [-0.3, -0.25) is 0 Å². The summed E-state index contributed by atoms with van der Waals surface area (Å²) in [5, 5.41) is 3.60. The topological polar surface area (TPSA) is 24.9 Å². The monoisotopic (exact) mass is 584 g/mol. The van der Waals surface area contributed by atoms with Gasteiger partial charge in [-0.15, -0.1) is 0 Å². The number of benzene rings is 1. The second-order valence-electron chi connectivity index (χ2n) is 14.6. The lowest BCUT2D eigenvalue weighted by Gasteiger charge is -2.57. The third kappa shape index (κ3) is 5.08. The fourth-order valence-corrected chi connectivity index (χ4v) is 11.1. The van der Waals surface area contributed by atoms with E-state index in [4.69, 9.17) is 4.98 Å². The summed E-state index contributed by atoms with van der Waals surface area (Å²) in [4.78, 5) is 6.03. The molecule has 1 aromatic carbocycles. The quantitative estimate of drug-likeness (QED) is 0.350. The second-order valence-corrected chi connectivity index (χ2v) is 15.6. The van der Waals surface area contributed by atoms with Gasteiger partial charge < -0.3 is 5.32 Å². The van der Waals surface area contributed by atoms with E-state index in [1.54, 1.807) is 17.4 Å². The number of nitrogens with one attached hydrogen (secondary N) is 1. The summed E-state index contributed by atoms with van der Waals surface area (Å²) in [5.74, 6) is 4.71. The maximum absolute atomic E-state index is 13.6. The molecule has 0 amide bonds. The van der Waals surface area contributed by atoms with Crippen molar-refractivity contribution in [3.63, 3.8) is 0 Å². The predicted molar refractivity (Wildman–Crippen MR) is 164 cm³/mol. The summed E-state index contributed by atoms with van der Waals surface area (Å²) in [5.41, 5.74) is 2.51. The van der Waals surface area contributed by atoms with Crippen LogP contribution in [-0.4, -0.2) is 4.98 Å². The Morgan fingerprint density at radius 3 is 2.56 bits per heavy atom. The maximum atomic E-state index is 13.6. The van der Waals surface area contributed by atoms with Crippen molar-refractivity contribution in [2.45, 2.75) is 105 Å². The average Bonchev–Trinajstić information content (AvgIpc) is 3.48. The molecule has 224 valence electrons. The second kappa shape index (κ2) is 10.7. The average molecular weight is 585 g/mol. The number of thiazole rings is 1. The molecule has 2 saturated carbocycles. The highest BCUT2D eigenvalue weighted by Gasteiger charge is 2.59. The minimum Gasteiger partial charge on any atom is -0.331 e. The van der Waals surface area contributed by atoms with Gasteiger partial charge in [0.05, 0.1) is 21.8 Å². The Kier molecular flexibility index (Phi) is 7.65. The van der Waals surface area contributed by atoms with Crippen molar-refractivity contribution in [3.05, 3.63) is 46.5 Å². The van der Waals surface area contributed by atoms with Crippen LogP contribution in [0.3, 0.4) is 0 Å². The fraction of sp³-hybridized carbons (Fsp3) is 0.686. The molecular formula is C35H47F3N2S. The van der Waals surface area contributed by atoms with Crippen molar-refractivity contribution >= 4 is 27.7 Å². The molecule has 4 aliphatic carbocycles. The molecule has 7 atom stereocenters. The molecule has 6 heteroatoms. The molecule has 0 bridgehead atoms. The van der Waals surface area contributed by atoms with Crippen LogP contribution in [0.1, 0.15) is 109 Å². The van der Waals surface area contributed by atoms with Crippen molar-refractivity contribution < 1.29 is 13.2 Å². The van der Waals surface area contributed by atoms with E-state index in [2.05, 4.69) is 46.0 Å². The summed E-state index contributed by atoms with van der Waals surface area (Å²) in [6, 6.07) is 5.71. The van der Waals surface area contributed by atoms with E-state index in [-0.39, 0.29) is 11.1 Å². The van der Waals surface area contributed by atoms with Crippen LogP contribution in [0.25, 0.3) is 5.57 Å². The van der Waals surface area contributed by atoms with Crippen LogP contribution in [0, 0.1) is 46.3 Å². The zero-order valence-electron chi connectivity index (χ0n) is 25.4. The fourth-order valence-electron chi connectivity index (χ4n) is 9.91. The van der Waals surface area contributed by atoms with Crippen molar-refractivity contribution in [2.24, 2.45) is 46.3 Å². The molecule has 1 aromatic heterocycles. The van der Waals surface area contributed by atoms with Gasteiger partial charge >= 0.3 is 6.18 Å². The first-order valence-corrected chi connectivity index (χ1v) is 16.9. The molecule has 7 unspecified atom stereocenters. The summed E-state index contributed by atoms with van der Waals surface area (Å²) < 4.78 is 40.8. The number of hydrogen-bond acceptors (Lipinski definition) is 3. The van der Waals surface area contributed by atoms with E-state index >= 15 is 0 Å². The Hall–Kier alpha value is -1.82. The smallest absolute Gasteiger partial charge is 0.331 e. The molecule has 1 heterocycles. The number of alkyl halides is 3. The number of nitrogens with zero attached hydrogens (tertiary/aromatic N) is 1. The van der Waals surface area contributed by atoms with Gasteiger partial charge in [0.25, 0.3) is 0 Å². The Morgan fingerprint density at radius 1 is 1.02 bits per heavy atom. The zero-order valence-corrected chi connectivity index (χ0v) is 26.2. The van der Waals surface area contributed by atoms with E-state index in [0.29, 0.717) is 16.5 Å². The number of rotatable bonds is 7. The first kappa shape index (κ1) is 29.3. The normalized spacial score (nSPS) is 33.4. The maximum Gasteiger partial charge on any atom is 0.418 e. The Balaban J connectivity index is 1.23. The lowest BCUT2D eigenvalue weighted by molar-refractivity contribution is -0.136. The standard InChI is InChI=1S/C35H47F3N2S/c1-21(2)9-8-10-22(3)24-15-16-25-23-13-14-28-31-30(18-20-34(28,5)26(23)17-19-33(24,25)4)40-32(41-31)39-29-12-7-6-11-27(29)35(36,37)38/h6-7,11-12,14,21-26H,8-10,13,15-20H2,1-5H3,(H,39,40). The van der Waals surface area contributed by atoms with Crippen molar-refractivity contribution in [2.75, 3.05) is 5.32 Å². The van der Waals surface area contributed by atoms with Crippen LogP contribution >= 0.6 is 11.3 Å². The molecule has 0 spiro atoms. The third-order valence-corrected chi connectivity index (χ3v) is 13.0. The molecule has 41 heavy (non-hydrogen) atoms. The van der Waals surface area contributed by atoms with Crippen LogP contribution in [-0.2, 0) is 12.6 Å². The summed E-state index contributed by atoms with van der Waals surface area (Å²) >= 11 is 1.55. The first-order chi connectivity index (χ1) is 19.4. The molecular weight excluding hydrogens is 537 g/mol. The Morgan fingerprint density at radius 2 is 1.80 bits per heavy atom. The predicted octanol–water partition coefficient (Wildman–Crippen LogP) is 11.2. The highest BCUT2D eigenvalue weighted by atomic mass is 32.1. The largest absolute Gasteiger partial charge is 0.418 e. The number of aromatic nitrogens is 1. The van der Waals surface area contributed by atoms with Crippen LogP contribution in [0.15, 0.2) is 30.3 Å². The van der Waals surface area contributed by atoms with Crippen LogP contribution in [0.4, 0.5) is 24.0 Å². The number of halogens is 3. The van der Waals surface area contributed by atoms with Crippen molar-refractivity contribution in [1.29, 1.82) is 0 Å². The number of hydrogen-bond donors (Lipinski definition) is 1. The molecule has 0 saturated heterocycles. The molecule has 2 aromatic rings. The summed E-state index contributed by atoms with van der Waals surface area (Å²) in [7, 11) is 0. The lowest BCUT2D eigenvalue weighted by atomic mass is 9.47. The number of allylic oxidation sites excluding steroid dienone is 2. The van der Waals surface area contributed by atoms with Crippen LogP contribution in [0.5, 0.6) is 0 Å². The SMILES string of the molecule is CC(C)CCCC(C)C1CCC2C3CC=C4c5sc(Nc6ccccc6C(F)(F)F)nc5CCC4(C)C3CCC12C. The van der Waals surface area contributed by atoms with Gasteiger partial charge in [-0.1, -0.05) is 83.4 Å². The summed E-state index contributed by atoms with van der Waals surface area (Å²) in [6.45, 7) is 12.4. The van der Waals surface area contributed by atoms with Gasteiger partial charge in [-0.05, 0) is 109 Å². The molecule has 6 rings (SSSR count). The molecule has 0 aliphatic heterocycles. The lowest BCUT2D eigenvalue weighted by Crippen LogP contribution is -2.49. The molecule has 2 nitrogen and oxygen atoms in total. The van der Waals surface area contributed by atoms with E-state index < -0.39 is 11.7 Å². The summed E-state index contributed by atoms with van der Waals surface area (Å²) in [6.07, 6.45) is 10.8. The minimum absolute atomic E-state index is 0.0762. The third-order valence-electron chi connectivity index (χ3n) is 12.0. The number of aryl methyl sites for hydroxylation is 1. The number of fused-ring (bicyclic) bond motifs is 7. The van der Waals surface area contributed by atoms with Gasteiger partial charge in [0.1, 0.15) is 0 Å². The van der Waals surface area contributed by atoms with E-state index in [9.17, 15) is 13.2 Å². The van der Waals surface area contributed by atoms with E-state index in [0.717, 1.165) is 60.6 Å². The highest BCUT2D eigenvalue weighted by Crippen LogP contribution is 2.68. The van der Waals surface area contributed by atoms with Gasteiger partial charge in [0, 0.05) is 0 Å².